The van der Waals surface area contributed by atoms with Crippen LogP contribution in [-0.4, -0.2) is 66.6 Å². The Morgan fingerprint density at radius 1 is 1.14 bits per heavy atom. The van der Waals surface area contributed by atoms with Gasteiger partial charge in [-0.05, 0) is 38.3 Å². The average Bonchev–Trinajstić information content (AvgIpc) is 2.71. The van der Waals surface area contributed by atoms with Crippen molar-refractivity contribution in [1.82, 2.24) is 10.2 Å². The quantitative estimate of drug-likeness (QED) is 0.608. The van der Waals surface area contributed by atoms with E-state index in [4.69, 9.17) is 4.74 Å². The molecule has 1 heterocycles. The molecule has 0 saturated carbocycles. The summed E-state index contributed by atoms with van der Waals surface area (Å²) in [5, 5.41) is 5.68. The molecule has 0 radical (unpaired) electrons. The second-order valence-corrected chi connectivity index (χ2v) is 9.37. The van der Waals surface area contributed by atoms with Crippen molar-refractivity contribution >= 4 is 29.3 Å². The highest BCUT2D eigenvalue weighted by atomic mass is 32.2. The van der Waals surface area contributed by atoms with Crippen LogP contribution in [0.25, 0.3) is 0 Å². The van der Waals surface area contributed by atoms with E-state index < -0.39 is 0 Å². The first-order chi connectivity index (χ1) is 13.8. The highest BCUT2D eigenvalue weighted by molar-refractivity contribution is 8.01. The third-order valence-electron chi connectivity index (χ3n) is 4.99. The molecule has 0 aromatic heterocycles. The van der Waals surface area contributed by atoms with E-state index in [1.165, 1.54) is 11.8 Å². The van der Waals surface area contributed by atoms with Gasteiger partial charge in [-0.25, -0.2) is 0 Å². The number of morpholine rings is 1. The van der Waals surface area contributed by atoms with Crippen molar-refractivity contribution in [1.29, 1.82) is 0 Å². The Labute approximate surface area is 179 Å². The predicted molar refractivity (Wildman–Crippen MR) is 120 cm³/mol. The summed E-state index contributed by atoms with van der Waals surface area (Å²) in [5.41, 5.74) is 1.93. The molecule has 1 saturated heterocycles. The molecule has 2 amide bonds. The number of aryl methyl sites for hydroxylation is 1. The molecule has 1 aliphatic heterocycles. The monoisotopic (exact) mass is 421 g/mol. The molecule has 1 aromatic carbocycles. The number of carbonyl (C=O) groups is 2. The molecule has 0 bridgehead atoms. The SMILES string of the molecule is Cc1ccc(NC(=O)CSC(C)C(=O)NCC(CC(C)C)N2CCOCC2)cc1. The smallest absolute Gasteiger partial charge is 0.234 e. The molecule has 6 nitrogen and oxygen atoms in total. The van der Waals surface area contributed by atoms with Gasteiger partial charge in [0.15, 0.2) is 0 Å². The van der Waals surface area contributed by atoms with Crippen LogP contribution in [0.2, 0.25) is 0 Å². The summed E-state index contributed by atoms with van der Waals surface area (Å²) < 4.78 is 5.45. The zero-order valence-corrected chi connectivity index (χ0v) is 18.9. The number of nitrogens with zero attached hydrogens (tertiary/aromatic N) is 1. The molecule has 1 aromatic rings. The largest absolute Gasteiger partial charge is 0.379 e. The van der Waals surface area contributed by atoms with Crippen molar-refractivity contribution in [2.45, 2.75) is 45.4 Å². The first-order valence-electron chi connectivity index (χ1n) is 10.4. The van der Waals surface area contributed by atoms with Crippen molar-refractivity contribution in [3.05, 3.63) is 29.8 Å². The van der Waals surface area contributed by atoms with Crippen LogP contribution in [0.5, 0.6) is 0 Å². The van der Waals surface area contributed by atoms with Gasteiger partial charge in [-0.15, -0.1) is 11.8 Å². The molecular formula is C22H35N3O3S. The van der Waals surface area contributed by atoms with Gasteiger partial charge in [0.25, 0.3) is 0 Å². The zero-order valence-electron chi connectivity index (χ0n) is 18.1. The number of hydrogen-bond acceptors (Lipinski definition) is 5. The van der Waals surface area contributed by atoms with Gasteiger partial charge in [0.1, 0.15) is 0 Å². The Bertz CT molecular complexity index is 645. The number of thioether (sulfide) groups is 1. The third kappa shape index (κ3) is 8.76. The summed E-state index contributed by atoms with van der Waals surface area (Å²) in [4.78, 5) is 27.1. The molecule has 7 heteroatoms. The minimum absolute atomic E-state index is 0.0137. The Hall–Kier alpha value is -1.57. The lowest BCUT2D eigenvalue weighted by atomic mass is 10.0. The molecular weight excluding hydrogens is 386 g/mol. The minimum Gasteiger partial charge on any atom is -0.379 e. The van der Waals surface area contributed by atoms with Crippen LogP contribution < -0.4 is 10.6 Å². The highest BCUT2D eigenvalue weighted by Gasteiger charge is 2.23. The van der Waals surface area contributed by atoms with Gasteiger partial charge in [0.05, 0.1) is 24.2 Å². The summed E-state index contributed by atoms with van der Waals surface area (Å²) in [6.45, 7) is 12.2. The van der Waals surface area contributed by atoms with Gasteiger partial charge in [-0.2, -0.15) is 0 Å². The maximum Gasteiger partial charge on any atom is 0.234 e. The van der Waals surface area contributed by atoms with Crippen molar-refractivity contribution < 1.29 is 14.3 Å². The summed E-state index contributed by atoms with van der Waals surface area (Å²) >= 11 is 1.36. The zero-order chi connectivity index (χ0) is 21.2. The normalized spacial score (nSPS) is 17.0. The molecule has 0 spiro atoms. The summed E-state index contributed by atoms with van der Waals surface area (Å²) in [7, 11) is 0. The number of rotatable bonds is 10. The third-order valence-corrected chi connectivity index (χ3v) is 6.13. The Morgan fingerprint density at radius 2 is 1.79 bits per heavy atom. The van der Waals surface area contributed by atoms with E-state index in [-0.39, 0.29) is 22.8 Å². The van der Waals surface area contributed by atoms with Crippen LogP contribution in [-0.2, 0) is 14.3 Å². The Morgan fingerprint density at radius 3 is 2.41 bits per heavy atom. The average molecular weight is 422 g/mol. The number of carbonyl (C=O) groups excluding carboxylic acids is 2. The highest BCUT2D eigenvalue weighted by Crippen LogP contribution is 2.15. The number of hydrogen-bond donors (Lipinski definition) is 2. The molecule has 162 valence electrons. The lowest BCUT2D eigenvalue weighted by Crippen LogP contribution is -2.50. The van der Waals surface area contributed by atoms with Crippen molar-refractivity contribution in [2.24, 2.45) is 5.92 Å². The van der Waals surface area contributed by atoms with E-state index >= 15 is 0 Å². The Balaban J connectivity index is 1.74. The topological polar surface area (TPSA) is 70.7 Å². The van der Waals surface area contributed by atoms with Gasteiger partial charge in [0, 0.05) is 31.4 Å². The number of ether oxygens (including phenoxy) is 1. The molecule has 2 rings (SSSR count). The number of anilines is 1. The van der Waals surface area contributed by atoms with Crippen LogP contribution in [0.4, 0.5) is 5.69 Å². The van der Waals surface area contributed by atoms with E-state index in [9.17, 15) is 9.59 Å². The van der Waals surface area contributed by atoms with Crippen LogP contribution in [0, 0.1) is 12.8 Å². The number of benzene rings is 1. The van der Waals surface area contributed by atoms with Gasteiger partial charge >= 0.3 is 0 Å². The maximum absolute atomic E-state index is 12.5. The second kappa shape index (κ2) is 12.2. The first kappa shape index (κ1) is 23.7. The molecule has 1 fully saturated rings. The molecule has 2 N–H and O–H groups in total. The molecule has 29 heavy (non-hydrogen) atoms. The fourth-order valence-corrected chi connectivity index (χ4v) is 4.03. The minimum atomic E-state index is -0.275. The van der Waals surface area contributed by atoms with Gasteiger partial charge in [-0.1, -0.05) is 31.5 Å². The Kier molecular flexibility index (Phi) is 9.97. The van der Waals surface area contributed by atoms with E-state index in [0.717, 1.165) is 44.0 Å². The standard InChI is InChI=1S/C22H35N3O3S/c1-16(2)13-20(25-9-11-28-12-10-25)14-23-22(27)18(4)29-15-21(26)24-19-7-5-17(3)6-8-19/h5-8,16,18,20H,9-15H2,1-4H3,(H,23,27)(H,24,26). The van der Waals surface area contributed by atoms with Crippen molar-refractivity contribution in [3.8, 4) is 0 Å². The molecule has 1 aliphatic rings. The van der Waals surface area contributed by atoms with Gasteiger partial charge in [0.2, 0.25) is 11.8 Å². The number of amides is 2. The molecule has 2 atom stereocenters. The molecule has 0 aliphatic carbocycles. The van der Waals surface area contributed by atoms with Crippen LogP contribution >= 0.6 is 11.8 Å². The summed E-state index contributed by atoms with van der Waals surface area (Å²) in [6, 6.07) is 8.01. The van der Waals surface area contributed by atoms with E-state index in [0.29, 0.717) is 18.5 Å². The van der Waals surface area contributed by atoms with Gasteiger partial charge in [-0.3, -0.25) is 14.5 Å². The van der Waals surface area contributed by atoms with Crippen molar-refractivity contribution in [2.75, 3.05) is 43.9 Å². The van der Waals surface area contributed by atoms with Gasteiger partial charge < -0.3 is 15.4 Å². The van der Waals surface area contributed by atoms with E-state index in [2.05, 4.69) is 29.4 Å². The fraction of sp³-hybridized carbons (Fsp3) is 0.636. The van der Waals surface area contributed by atoms with Crippen LogP contribution in [0.15, 0.2) is 24.3 Å². The van der Waals surface area contributed by atoms with E-state index in [1.807, 2.05) is 38.1 Å². The predicted octanol–water partition coefficient (Wildman–Crippen LogP) is 2.92. The number of nitrogens with one attached hydrogen (secondary N) is 2. The van der Waals surface area contributed by atoms with Crippen LogP contribution in [0.3, 0.4) is 0 Å². The fourth-order valence-electron chi connectivity index (χ4n) is 3.32. The van der Waals surface area contributed by atoms with E-state index in [1.54, 1.807) is 0 Å². The molecule has 2 unspecified atom stereocenters. The second-order valence-electron chi connectivity index (χ2n) is 8.04. The lowest BCUT2D eigenvalue weighted by molar-refractivity contribution is -0.120. The van der Waals surface area contributed by atoms with Crippen molar-refractivity contribution in [3.63, 3.8) is 0 Å². The summed E-state index contributed by atoms with van der Waals surface area (Å²) in [5.74, 6) is 0.711. The lowest BCUT2D eigenvalue weighted by Gasteiger charge is -2.35. The maximum atomic E-state index is 12.5. The van der Waals surface area contributed by atoms with Crippen LogP contribution in [0.1, 0.15) is 32.8 Å². The summed E-state index contributed by atoms with van der Waals surface area (Å²) in [6.07, 6.45) is 1.04. The first-order valence-corrected chi connectivity index (χ1v) is 11.5.